The summed E-state index contributed by atoms with van der Waals surface area (Å²) in [6, 6.07) is 0. The Hall–Kier alpha value is -1.36. The van der Waals surface area contributed by atoms with Crippen molar-refractivity contribution in [1.29, 1.82) is 0 Å². The Bertz CT molecular complexity index is 435. The molecule has 0 bridgehead atoms. The molecule has 2 aromatic rings. The second-order valence-corrected chi connectivity index (χ2v) is 3.18. The zero-order valence-corrected chi connectivity index (χ0v) is 8.00. The third-order valence-electron chi connectivity index (χ3n) is 1.68. The number of hydrogen-bond donors (Lipinski definition) is 1. The Kier molecular flexibility index (Phi) is 1.81. The number of H-pyrrole nitrogens is 1. The topological polar surface area (TPSA) is 57.7 Å². The molecular weight excluding hydrogens is 190 g/mol. The first-order valence-corrected chi connectivity index (χ1v) is 4.10. The van der Waals surface area contributed by atoms with Crippen LogP contribution in [0.2, 0.25) is 5.28 Å². The molecule has 0 aliphatic rings. The van der Waals surface area contributed by atoms with Crippen molar-refractivity contribution in [3.63, 3.8) is 0 Å². The maximum atomic E-state index is 5.73. The van der Waals surface area contributed by atoms with E-state index >= 15 is 0 Å². The lowest BCUT2D eigenvalue weighted by Gasteiger charge is -2.11. The van der Waals surface area contributed by atoms with E-state index in [4.69, 9.17) is 11.6 Å². The van der Waals surface area contributed by atoms with Crippen molar-refractivity contribution >= 4 is 28.5 Å². The predicted molar refractivity (Wildman–Crippen MR) is 51.0 cm³/mol. The van der Waals surface area contributed by atoms with Gasteiger partial charge in [0.1, 0.15) is 11.0 Å². The lowest BCUT2D eigenvalue weighted by atomic mass is 10.4. The van der Waals surface area contributed by atoms with E-state index in [1.165, 1.54) is 0 Å². The van der Waals surface area contributed by atoms with Gasteiger partial charge in [0.15, 0.2) is 5.82 Å². The first kappa shape index (κ1) is 8.25. The first-order valence-electron chi connectivity index (χ1n) is 3.72. The minimum atomic E-state index is 0.234. The van der Waals surface area contributed by atoms with Gasteiger partial charge in [0.05, 0.1) is 6.20 Å². The van der Waals surface area contributed by atoms with Crippen LogP contribution in [0.15, 0.2) is 6.20 Å². The van der Waals surface area contributed by atoms with Gasteiger partial charge in [-0.1, -0.05) is 0 Å². The summed E-state index contributed by atoms with van der Waals surface area (Å²) < 4.78 is 0. The maximum Gasteiger partial charge on any atom is 0.225 e. The maximum absolute atomic E-state index is 5.73. The fourth-order valence-corrected chi connectivity index (χ4v) is 1.29. The average Bonchev–Trinajstić information content (AvgIpc) is 2.49. The summed E-state index contributed by atoms with van der Waals surface area (Å²) in [5.41, 5.74) is 1.53. The van der Waals surface area contributed by atoms with Crippen LogP contribution in [-0.2, 0) is 0 Å². The summed E-state index contributed by atoms with van der Waals surface area (Å²) in [6.07, 6.45) is 1.62. The van der Waals surface area contributed by atoms with Crippen LogP contribution in [0.1, 0.15) is 0 Å². The number of fused-ring (bicyclic) bond motifs is 1. The van der Waals surface area contributed by atoms with Crippen molar-refractivity contribution < 1.29 is 0 Å². The highest BCUT2D eigenvalue weighted by molar-refractivity contribution is 6.28. The van der Waals surface area contributed by atoms with Crippen molar-refractivity contribution in [2.45, 2.75) is 0 Å². The van der Waals surface area contributed by atoms with Crippen molar-refractivity contribution in [2.24, 2.45) is 0 Å². The standard InChI is InChI=1S/C7H8ClN5/c1-13(2)6-5-4(3-9-12-5)10-7(8)11-6/h3H,1-2H3,(H,9,12). The van der Waals surface area contributed by atoms with Gasteiger partial charge in [-0.2, -0.15) is 10.1 Å². The predicted octanol–water partition coefficient (Wildman–Crippen LogP) is 1.07. The molecule has 13 heavy (non-hydrogen) atoms. The summed E-state index contributed by atoms with van der Waals surface area (Å²) in [5, 5.41) is 6.93. The molecule has 0 fully saturated rings. The van der Waals surface area contributed by atoms with E-state index in [9.17, 15) is 0 Å². The van der Waals surface area contributed by atoms with Gasteiger partial charge in [0.25, 0.3) is 0 Å². The second kappa shape index (κ2) is 2.85. The number of halogens is 1. The normalized spacial score (nSPS) is 10.7. The third kappa shape index (κ3) is 1.31. The highest BCUT2D eigenvalue weighted by Gasteiger charge is 2.09. The summed E-state index contributed by atoms with van der Waals surface area (Å²) in [4.78, 5) is 9.95. The van der Waals surface area contributed by atoms with E-state index < -0.39 is 0 Å². The van der Waals surface area contributed by atoms with Crippen LogP contribution in [0.3, 0.4) is 0 Å². The second-order valence-electron chi connectivity index (χ2n) is 2.84. The smallest absolute Gasteiger partial charge is 0.225 e. The van der Waals surface area contributed by atoms with Crippen LogP contribution >= 0.6 is 11.6 Å². The van der Waals surface area contributed by atoms with E-state index in [2.05, 4.69) is 20.2 Å². The zero-order chi connectivity index (χ0) is 9.42. The number of anilines is 1. The van der Waals surface area contributed by atoms with Gasteiger partial charge in [-0.3, -0.25) is 5.10 Å². The van der Waals surface area contributed by atoms with Crippen LogP contribution in [0.5, 0.6) is 0 Å². The SMILES string of the molecule is CN(C)c1nc(Cl)nc2cn[nH]c12. The highest BCUT2D eigenvalue weighted by Crippen LogP contribution is 2.20. The molecule has 6 heteroatoms. The Labute approximate surface area is 79.7 Å². The van der Waals surface area contributed by atoms with Gasteiger partial charge < -0.3 is 4.90 Å². The minimum Gasteiger partial charge on any atom is -0.361 e. The van der Waals surface area contributed by atoms with Crippen LogP contribution in [0.4, 0.5) is 5.82 Å². The Balaban J connectivity index is 2.77. The summed E-state index contributed by atoms with van der Waals surface area (Å²) in [5.74, 6) is 0.743. The molecule has 0 aromatic carbocycles. The fourth-order valence-electron chi connectivity index (χ4n) is 1.12. The molecule has 2 aromatic heterocycles. The van der Waals surface area contributed by atoms with Gasteiger partial charge in [-0.25, -0.2) is 4.98 Å². The quantitative estimate of drug-likeness (QED) is 0.695. The number of nitrogens with zero attached hydrogens (tertiary/aromatic N) is 4. The molecule has 0 unspecified atom stereocenters. The van der Waals surface area contributed by atoms with Crippen molar-refractivity contribution in [3.8, 4) is 0 Å². The summed E-state index contributed by atoms with van der Waals surface area (Å²) in [7, 11) is 3.78. The van der Waals surface area contributed by atoms with Crippen LogP contribution in [0.25, 0.3) is 11.0 Å². The van der Waals surface area contributed by atoms with Gasteiger partial charge in [-0.15, -0.1) is 0 Å². The van der Waals surface area contributed by atoms with Crippen molar-refractivity contribution in [2.75, 3.05) is 19.0 Å². The van der Waals surface area contributed by atoms with Crippen LogP contribution in [-0.4, -0.2) is 34.3 Å². The number of aromatic amines is 1. The fraction of sp³-hybridized carbons (Fsp3) is 0.286. The first-order chi connectivity index (χ1) is 6.18. The number of rotatable bonds is 1. The molecule has 0 spiro atoms. The van der Waals surface area contributed by atoms with E-state index in [1.807, 2.05) is 19.0 Å². The molecule has 0 aliphatic heterocycles. The monoisotopic (exact) mass is 197 g/mol. The van der Waals surface area contributed by atoms with E-state index in [1.54, 1.807) is 6.20 Å². The minimum absolute atomic E-state index is 0.234. The molecule has 1 N–H and O–H groups in total. The molecule has 0 aliphatic carbocycles. The van der Waals surface area contributed by atoms with E-state index in [-0.39, 0.29) is 5.28 Å². The van der Waals surface area contributed by atoms with Crippen molar-refractivity contribution in [3.05, 3.63) is 11.5 Å². The van der Waals surface area contributed by atoms with Gasteiger partial charge >= 0.3 is 0 Å². The lowest BCUT2D eigenvalue weighted by molar-refractivity contribution is 1.04. The van der Waals surface area contributed by atoms with Gasteiger partial charge in [-0.05, 0) is 11.6 Å². The molecule has 0 amide bonds. The summed E-state index contributed by atoms with van der Waals surface area (Å²) >= 11 is 5.73. The summed E-state index contributed by atoms with van der Waals surface area (Å²) in [6.45, 7) is 0. The highest BCUT2D eigenvalue weighted by atomic mass is 35.5. The Morgan fingerprint density at radius 3 is 2.85 bits per heavy atom. The lowest BCUT2D eigenvalue weighted by Crippen LogP contribution is -2.11. The van der Waals surface area contributed by atoms with Gasteiger partial charge in [0.2, 0.25) is 5.28 Å². The Morgan fingerprint density at radius 2 is 2.15 bits per heavy atom. The van der Waals surface area contributed by atoms with Crippen LogP contribution in [0, 0.1) is 0 Å². The number of hydrogen-bond acceptors (Lipinski definition) is 4. The Morgan fingerprint density at radius 1 is 1.38 bits per heavy atom. The molecule has 2 rings (SSSR count). The molecule has 0 radical (unpaired) electrons. The third-order valence-corrected chi connectivity index (χ3v) is 1.85. The van der Waals surface area contributed by atoms with Crippen LogP contribution < -0.4 is 4.90 Å². The molecular formula is C7H8ClN5. The molecule has 0 saturated heterocycles. The molecule has 68 valence electrons. The molecule has 5 nitrogen and oxygen atoms in total. The van der Waals surface area contributed by atoms with E-state index in [0.29, 0.717) is 0 Å². The number of aromatic nitrogens is 4. The van der Waals surface area contributed by atoms with E-state index in [0.717, 1.165) is 16.9 Å². The molecule has 2 heterocycles. The van der Waals surface area contributed by atoms with Gasteiger partial charge in [0, 0.05) is 14.1 Å². The van der Waals surface area contributed by atoms with Crippen molar-refractivity contribution in [1.82, 2.24) is 20.2 Å². The molecule has 0 saturated carbocycles. The zero-order valence-electron chi connectivity index (χ0n) is 7.24. The largest absolute Gasteiger partial charge is 0.361 e. The molecule has 0 atom stereocenters. The average molecular weight is 198 g/mol. The number of nitrogens with one attached hydrogen (secondary N) is 1.